The topological polar surface area (TPSA) is 59.3 Å². The third-order valence-electron chi connectivity index (χ3n) is 1.92. The minimum atomic E-state index is -0.676. The van der Waals surface area contributed by atoms with E-state index in [2.05, 4.69) is 0 Å². The average Bonchev–Trinajstić information content (AvgIpc) is 2.38. The molecule has 1 aromatic rings. The summed E-state index contributed by atoms with van der Waals surface area (Å²) < 4.78 is 9.84. The number of ether oxygens (including phenoxy) is 2. The van der Waals surface area contributed by atoms with Crippen molar-refractivity contribution in [2.45, 2.75) is 13.5 Å². The van der Waals surface area contributed by atoms with Gasteiger partial charge in [-0.25, -0.2) is 4.79 Å². The summed E-state index contributed by atoms with van der Waals surface area (Å²) >= 11 is 0. The van der Waals surface area contributed by atoms with Crippen molar-refractivity contribution < 1.29 is 14.3 Å². The second-order valence-corrected chi connectivity index (χ2v) is 3.16. The van der Waals surface area contributed by atoms with Crippen molar-refractivity contribution >= 4 is 5.97 Å². The molecule has 0 aliphatic rings. The molecule has 0 aromatic heterocycles. The molecular formula is C13H13NO3. The molecule has 0 aliphatic heterocycles. The zero-order valence-electron chi connectivity index (χ0n) is 9.55. The number of carbonyl (C=O) groups excluding carboxylic acids is 1. The molecule has 4 heteroatoms. The summed E-state index contributed by atoms with van der Waals surface area (Å²) in [6.07, 6.45) is 1.12. The zero-order chi connectivity index (χ0) is 12.5. The van der Waals surface area contributed by atoms with Crippen LogP contribution in [-0.4, -0.2) is 12.6 Å². The van der Waals surface area contributed by atoms with Gasteiger partial charge in [0.25, 0.3) is 0 Å². The highest BCUT2D eigenvalue weighted by atomic mass is 16.5. The monoisotopic (exact) mass is 231 g/mol. The molecule has 0 atom stereocenters. The molecule has 0 heterocycles. The SMILES string of the molecule is CCO/C=C(\C#N)C(=O)OCc1ccccc1. The number of benzene rings is 1. The van der Waals surface area contributed by atoms with Gasteiger partial charge < -0.3 is 9.47 Å². The first-order valence-corrected chi connectivity index (χ1v) is 5.20. The fourth-order valence-electron chi connectivity index (χ4n) is 1.09. The molecule has 0 N–H and O–H groups in total. The lowest BCUT2D eigenvalue weighted by molar-refractivity contribution is -0.139. The van der Waals surface area contributed by atoms with Crippen LogP contribution in [0.2, 0.25) is 0 Å². The lowest BCUT2D eigenvalue weighted by Crippen LogP contribution is -2.07. The highest BCUT2D eigenvalue weighted by Gasteiger charge is 2.10. The van der Waals surface area contributed by atoms with Crippen molar-refractivity contribution in [2.24, 2.45) is 0 Å². The zero-order valence-corrected chi connectivity index (χ0v) is 9.55. The number of nitriles is 1. The first-order chi connectivity index (χ1) is 8.27. The van der Waals surface area contributed by atoms with Crippen LogP contribution in [0, 0.1) is 11.3 Å². The van der Waals surface area contributed by atoms with Crippen LogP contribution < -0.4 is 0 Å². The first kappa shape index (κ1) is 12.8. The normalized spacial score (nSPS) is 10.5. The van der Waals surface area contributed by atoms with Crippen molar-refractivity contribution in [3.63, 3.8) is 0 Å². The summed E-state index contributed by atoms with van der Waals surface area (Å²) in [6.45, 7) is 2.31. The number of hydrogen-bond donors (Lipinski definition) is 0. The maximum atomic E-state index is 11.5. The van der Waals surface area contributed by atoms with Crippen molar-refractivity contribution in [3.05, 3.63) is 47.7 Å². The fraction of sp³-hybridized carbons (Fsp3) is 0.231. The van der Waals surface area contributed by atoms with Gasteiger partial charge >= 0.3 is 5.97 Å². The highest BCUT2D eigenvalue weighted by Crippen LogP contribution is 2.04. The van der Waals surface area contributed by atoms with Gasteiger partial charge in [0.05, 0.1) is 6.61 Å². The second-order valence-electron chi connectivity index (χ2n) is 3.16. The Hall–Kier alpha value is -2.28. The van der Waals surface area contributed by atoms with Crippen LogP contribution in [0.5, 0.6) is 0 Å². The van der Waals surface area contributed by atoms with E-state index in [1.807, 2.05) is 30.3 Å². The molecule has 0 fully saturated rings. The summed E-state index contributed by atoms with van der Waals surface area (Å²) in [6, 6.07) is 11.0. The van der Waals surface area contributed by atoms with E-state index < -0.39 is 5.97 Å². The van der Waals surface area contributed by atoms with E-state index in [1.165, 1.54) is 0 Å². The van der Waals surface area contributed by atoms with Gasteiger partial charge in [-0.3, -0.25) is 0 Å². The van der Waals surface area contributed by atoms with Crippen molar-refractivity contribution in [1.29, 1.82) is 5.26 Å². The van der Waals surface area contributed by atoms with Crippen LogP contribution in [0.25, 0.3) is 0 Å². The maximum absolute atomic E-state index is 11.5. The van der Waals surface area contributed by atoms with Gasteiger partial charge in [-0.05, 0) is 12.5 Å². The average molecular weight is 231 g/mol. The summed E-state index contributed by atoms with van der Waals surface area (Å²) in [5, 5.41) is 8.72. The molecule has 4 nitrogen and oxygen atoms in total. The van der Waals surface area contributed by atoms with E-state index in [-0.39, 0.29) is 12.2 Å². The number of nitrogens with zero attached hydrogens (tertiary/aromatic N) is 1. The Morgan fingerprint density at radius 1 is 1.41 bits per heavy atom. The molecule has 0 radical (unpaired) electrons. The Kier molecular flexibility index (Phi) is 5.32. The Morgan fingerprint density at radius 3 is 2.71 bits per heavy atom. The standard InChI is InChI=1S/C13H13NO3/c1-2-16-10-12(8-14)13(15)17-9-11-6-4-3-5-7-11/h3-7,10H,2,9H2,1H3/b12-10+. The molecule has 0 unspecified atom stereocenters. The molecule has 0 spiro atoms. The van der Waals surface area contributed by atoms with Crippen LogP contribution in [0.4, 0.5) is 0 Å². The quantitative estimate of drug-likeness (QED) is 0.337. The molecule has 88 valence electrons. The summed E-state index contributed by atoms with van der Waals surface area (Å²) in [4.78, 5) is 11.5. The largest absolute Gasteiger partial charge is 0.500 e. The lowest BCUT2D eigenvalue weighted by atomic mass is 10.2. The van der Waals surface area contributed by atoms with Crippen LogP contribution in [0.3, 0.4) is 0 Å². The van der Waals surface area contributed by atoms with Crippen LogP contribution in [0.1, 0.15) is 12.5 Å². The lowest BCUT2D eigenvalue weighted by Gasteiger charge is -2.03. The summed E-state index contributed by atoms with van der Waals surface area (Å²) in [5.41, 5.74) is 0.734. The van der Waals surface area contributed by atoms with Crippen molar-refractivity contribution in [1.82, 2.24) is 0 Å². The van der Waals surface area contributed by atoms with Gasteiger partial charge in [-0.15, -0.1) is 0 Å². The van der Waals surface area contributed by atoms with Gasteiger partial charge in [0.2, 0.25) is 0 Å². The Labute approximate surface area is 100 Å². The molecule has 17 heavy (non-hydrogen) atoms. The smallest absolute Gasteiger partial charge is 0.352 e. The summed E-state index contributed by atoms with van der Waals surface area (Å²) in [5.74, 6) is -0.676. The minimum Gasteiger partial charge on any atom is -0.500 e. The number of rotatable bonds is 5. The van der Waals surface area contributed by atoms with E-state index >= 15 is 0 Å². The van der Waals surface area contributed by atoms with E-state index in [0.29, 0.717) is 6.61 Å². The van der Waals surface area contributed by atoms with E-state index in [0.717, 1.165) is 11.8 Å². The molecule has 1 rings (SSSR count). The Bertz CT molecular complexity index is 432. The fourth-order valence-corrected chi connectivity index (χ4v) is 1.09. The van der Waals surface area contributed by atoms with Gasteiger partial charge in [0.15, 0.2) is 5.57 Å². The van der Waals surface area contributed by atoms with E-state index in [9.17, 15) is 4.79 Å². The molecule has 0 saturated carbocycles. The van der Waals surface area contributed by atoms with Gasteiger partial charge in [0.1, 0.15) is 18.9 Å². The van der Waals surface area contributed by atoms with Crippen LogP contribution in [-0.2, 0) is 20.9 Å². The minimum absolute atomic E-state index is 0.136. The predicted molar refractivity (Wildman–Crippen MR) is 61.6 cm³/mol. The Morgan fingerprint density at radius 2 is 2.12 bits per heavy atom. The number of carbonyl (C=O) groups is 1. The first-order valence-electron chi connectivity index (χ1n) is 5.20. The van der Waals surface area contributed by atoms with Crippen molar-refractivity contribution in [2.75, 3.05) is 6.61 Å². The van der Waals surface area contributed by atoms with Gasteiger partial charge in [-0.2, -0.15) is 5.26 Å². The van der Waals surface area contributed by atoms with E-state index in [4.69, 9.17) is 14.7 Å². The highest BCUT2D eigenvalue weighted by molar-refractivity contribution is 5.92. The molecule has 0 saturated heterocycles. The predicted octanol–water partition coefficient (Wildman–Crippen LogP) is 2.17. The molecule has 1 aromatic carbocycles. The maximum Gasteiger partial charge on any atom is 0.352 e. The third-order valence-corrected chi connectivity index (χ3v) is 1.92. The number of esters is 1. The van der Waals surface area contributed by atoms with E-state index in [1.54, 1.807) is 13.0 Å². The van der Waals surface area contributed by atoms with Crippen LogP contribution >= 0.6 is 0 Å². The molecule has 0 aliphatic carbocycles. The third kappa shape index (κ3) is 4.39. The van der Waals surface area contributed by atoms with Crippen LogP contribution in [0.15, 0.2) is 42.2 Å². The molecule has 0 bridgehead atoms. The van der Waals surface area contributed by atoms with Crippen molar-refractivity contribution in [3.8, 4) is 6.07 Å². The molecule has 0 amide bonds. The van der Waals surface area contributed by atoms with Gasteiger partial charge in [0, 0.05) is 0 Å². The van der Waals surface area contributed by atoms with Gasteiger partial charge in [-0.1, -0.05) is 30.3 Å². The summed E-state index contributed by atoms with van der Waals surface area (Å²) in [7, 11) is 0. The molecular weight excluding hydrogens is 218 g/mol. The second kappa shape index (κ2) is 7.07. The Balaban J connectivity index is 2.52. The number of hydrogen-bond acceptors (Lipinski definition) is 4.